The molecule has 0 N–H and O–H groups in total. The molecule has 0 aromatic heterocycles. The Hall–Kier alpha value is -0.770. The molecule has 0 amide bonds. The van der Waals surface area contributed by atoms with Gasteiger partial charge in [-0.2, -0.15) is 5.26 Å². The van der Waals surface area contributed by atoms with Crippen molar-refractivity contribution in [2.24, 2.45) is 5.41 Å². The molecular weight excluding hydrogens is 146 g/mol. The minimum Gasteiger partial charge on any atom is -0.198 e. The van der Waals surface area contributed by atoms with Crippen LogP contribution in [-0.2, 0) is 0 Å². The fraction of sp³-hybridized carbons (Fsp3) is 0.727. The molecule has 1 saturated carbocycles. The minimum atomic E-state index is -0.00271. The third kappa shape index (κ3) is 2.11. The van der Waals surface area contributed by atoms with Gasteiger partial charge in [-0.05, 0) is 33.1 Å². The second kappa shape index (κ2) is 3.76. The van der Waals surface area contributed by atoms with Crippen LogP contribution in [0.25, 0.3) is 0 Å². The summed E-state index contributed by atoms with van der Waals surface area (Å²) in [5.41, 5.74) is 1.33. The zero-order chi connectivity index (χ0) is 9.03. The van der Waals surface area contributed by atoms with Gasteiger partial charge in [-0.25, -0.2) is 0 Å². The molecule has 1 aliphatic rings. The lowest BCUT2D eigenvalue weighted by Gasteiger charge is -2.17. The van der Waals surface area contributed by atoms with E-state index in [1.807, 2.05) is 0 Å². The Morgan fingerprint density at radius 3 is 2.42 bits per heavy atom. The maximum absolute atomic E-state index is 9.05. The van der Waals surface area contributed by atoms with Crippen LogP contribution in [0.3, 0.4) is 0 Å². The van der Waals surface area contributed by atoms with Crippen molar-refractivity contribution in [3.63, 3.8) is 0 Å². The van der Waals surface area contributed by atoms with Gasteiger partial charge in [0, 0.05) is 0 Å². The Morgan fingerprint density at radius 2 is 2.00 bits per heavy atom. The molecule has 0 bridgehead atoms. The van der Waals surface area contributed by atoms with Crippen molar-refractivity contribution in [1.29, 1.82) is 5.26 Å². The lowest BCUT2D eigenvalue weighted by Crippen LogP contribution is -2.11. The van der Waals surface area contributed by atoms with Crippen LogP contribution in [0.4, 0.5) is 0 Å². The Balaban J connectivity index is 2.58. The summed E-state index contributed by atoms with van der Waals surface area (Å²) in [6, 6.07) is 2.49. The molecule has 0 aromatic carbocycles. The van der Waals surface area contributed by atoms with Crippen molar-refractivity contribution >= 4 is 0 Å². The van der Waals surface area contributed by atoms with Crippen LogP contribution in [0.15, 0.2) is 11.6 Å². The second-order valence-corrected chi connectivity index (χ2v) is 4.08. The quantitative estimate of drug-likeness (QED) is 0.572. The van der Waals surface area contributed by atoms with Crippen molar-refractivity contribution in [1.82, 2.24) is 0 Å². The number of rotatable bonds is 2. The fourth-order valence-electron chi connectivity index (χ4n) is 1.81. The Bertz CT molecular complexity index is 210. The number of hydrogen-bond donors (Lipinski definition) is 0. The van der Waals surface area contributed by atoms with Crippen LogP contribution in [-0.4, -0.2) is 0 Å². The van der Waals surface area contributed by atoms with E-state index in [9.17, 15) is 0 Å². The van der Waals surface area contributed by atoms with Gasteiger partial charge in [0.25, 0.3) is 0 Å². The smallest absolute Gasteiger partial charge is 0.0693 e. The summed E-state index contributed by atoms with van der Waals surface area (Å²) in [6.07, 6.45) is 7.86. The van der Waals surface area contributed by atoms with Crippen molar-refractivity contribution in [2.45, 2.75) is 46.0 Å². The maximum atomic E-state index is 9.05. The molecule has 0 aromatic rings. The van der Waals surface area contributed by atoms with E-state index in [0.717, 1.165) is 19.3 Å². The third-order valence-electron chi connectivity index (χ3n) is 2.70. The molecule has 0 radical (unpaired) electrons. The molecule has 0 unspecified atom stereocenters. The zero-order valence-electron chi connectivity index (χ0n) is 8.06. The molecule has 1 aliphatic carbocycles. The predicted molar refractivity (Wildman–Crippen MR) is 50.6 cm³/mol. The highest BCUT2D eigenvalue weighted by molar-refractivity contribution is 5.08. The molecule has 0 aliphatic heterocycles. The summed E-state index contributed by atoms with van der Waals surface area (Å²) >= 11 is 0. The molecule has 66 valence electrons. The normalized spacial score (nSPS) is 20.1. The van der Waals surface area contributed by atoms with Crippen LogP contribution < -0.4 is 0 Å². The van der Waals surface area contributed by atoms with Crippen molar-refractivity contribution in [3.05, 3.63) is 11.6 Å². The van der Waals surface area contributed by atoms with E-state index in [0.29, 0.717) is 0 Å². The van der Waals surface area contributed by atoms with Crippen molar-refractivity contribution in [2.75, 3.05) is 0 Å². The van der Waals surface area contributed by atoms with Gasteiger partial charge in [-0.3, -0.25) is 0 Å². The van der Waals surface area contributed by atoms with Crippen molar-refractivity contribution < 1.29 is 0 Å². The molecular formula is C11H17N. The Morgan fingerprint density at radius 1 is 1.42 bits per heavy atom. The first-order valence-electron chi connectivity index (χ1n) is 4.73. The lowest BCUT2D eigenvalue weighted by atomic mass is 9.84. The molecule has 1 heteroatoms. The average molecular weight is 163 g/mol. The summed E-state index contributed by atoms with van der Waals surface area (Å²) in [7, 11) is 0. The van der Waals surface area contributed by atoms with Crippen LogP contribution in [0.5, 0.6) is 0 Å². The third-order valence-corrected chi connectivity index (χ3v) is 2.70. The van der Waals surface area contributed by atoms with E-state index in [4.69, 9.17) is 5.26 Å². The van der Waals surface area contributed by atoms with Gasteiger partial charge in [-0.1, -0.05) is 24.5 Å². The summed E-state index contributed by atoms with van der Waals surface area (Å²) in [5, 5.41) is 9.05. The fourth-order valence-corrected chi connectivity index (χ4v) is 1.81. The van der Waals surface area contributed by atoms with E-state index in [2.05, 4.69) is 26.0 Å². The van der Waals surface area contributed by atoms with Gasteiger partial charge in [0.2, 0.25) is 0 Å². The Labute approximate surface area is 75.1 Å². The van der Waals surface area contributed by atoms with Crippen LogP contribution in [0.2, 0.25) is 0 Å². The maximum Gasteiger partial charge on any atom is 0.0693 e. The first-order valence-corrected chi connectivity index (χ1v) is 4.73. The van der Waals surface area contributed by atoms with Crippen molar-refractivity contribution in [3.8, 4) is 6.07 Å². The monoisotopic (exact) mass is 163 g/mol. The zero-order valence-corrected chi connectivity index (χ0v) is 8.06. The number of nitriles is 1. The van der Waals surface area contributed by atoms with E-state index in [1.54, 1.807) is 0 Å². The predicted octanol–water partition coefficient (Wildman–Crippen LogP) is 3.43. The van der Waals surface area contributed by atoms with E-state index in [1.165, 1.54) is 18.4 Å². The molecule has 0 saturated heterocycles. The topological polar surface area (TPSA) is 23.8 Å². The number of hydrogen-bond acceptors (Lipinski definition) is 1. The van der Waals surface area contributed by atoms with Crippen LogP contribution in [0, 0.1) is 16.7 Å². The molecule has 0 spiro atoms. The van der Waals surface area contributed by atoms with E-state index in [-0.39, 0.29) is 5.41 Å². The molecule has 12 heavy (non-hydrogen) atoms. The molecule has 1 rings (SSSR count). The SMILES string of the molecule is CC(C)=CCC1(C#N)CCCC1. The second-order valence-electron chi connectivity index (χ2n) is 4.08. The van der Waals surface area contributed by atoms with Gasteiger partial charge in [0.15, 0.2) is 0 Å². The van der Waals surface area contributed by atoms with Gasteiger partial charge < -0.3 is 0 Å². The first kappa shape index (κ1) is 9.32. The average Bonchev–Trinajstić information content (AvgIpc) is 2.50. The molecule has 0 atom stereocenters. The summed E-state index contributed by atoms with van der Waals surface area (Å²) in [5.74, 6) is 0. The standard InChI is InChI=1S/C11H17N/c1-10(2)5-8-11(9-12)6-3-4-7-11/h5H,3-4,6-8H2,1-2H3. The van der Waals surface area contributed by atoms with Crippen LogP contribution in [0.1, 0.15) is 46.0 Å². The van der Waals surface area contributed by atoms with Crippen LogP contribution >= 0.6 is 0 Å². The Kier molecular flexibility index (Phi) is 2.92. The first-order chi connectivity index (χ1) is 5.68. The summed E-state index contributed by atoms with van der Waals surface area (Å²) in [4.78, 5) is 0. The highest BCUT2D eigenvalue weighted by atomic mass is 14.4. The van der Waals surface area contributed by atoms with E-state index >= 15 is 0 Å². The highest BCUT2D eigenvalue weighted by Crippen LogP contribution is 2.40. The number of nitrogens with zero attached hydrogens (tertiary/aromatic N) is 1. The molecule has 1 nitrogen and oxygen atoms in total. The number of allylic oxidation sites excluding steroid dienone is 2. The van der Waals surface area contributed by atoms with Gasteiger partial charge in [0.05, 0.1) is 11.5 Å². The minimum absolute atomic E-state index is 0.00271. The van der Waals surface area contributed by atoms with Gasteiger partial charge in [0.1, 0.15) is 0 Å². The van der Waals surface area contributed by atoms with E-state index < -0.39 is 0 Å². The largest absolute Gasteiger partial charge is 0.198 e. The molecule has 1 fully saturated rings. The van der Waals surface area contributed by atoms with Gasteiger partial charge >= 0.3 is 0 Å². The summed E-state index contributed by atoms with van der Waals surface area (Å²) < 4.78 is 0. The van der Waals surface area contributed by atoms with Gasteiger partial charge in [-0.15, -0.1) is 0 Å². The lowest BCUT2D eigenvalue weighted by molar-refractivity contribution is 0.416. The molecule has 0 heterocycles. The summed E-state index contributed by atoms with van der Waals surface area (Å²) in [6.45, 7) is 4.19. The highest BCUT2D eigenvalue weighted by Gasteiger charge is 2.32.